The number of hydrogen-bond acceptors (Lipinski definition) is 3. The third-order valence-corrected chi connectivity index (χ3v) is 4.10. The lowest BCUT2D eigenvalue weighted by atomic mass is 10.2. The Labute approximate surface area is 155 Å². The van der Waals surface area contributed by atoms with Crippen LogP contribution in [0.5, 0.6) is 0 Å². The number of para-hydroxylation sites is 1. The predicted octanol–water partition coefficient (Wildman–Crippen LogP) is 3.09. The van der Waals surface area contributed by atoms with Gasteiger partial charge in [-0.3, -0.25) is 9.59 Å². The van der Waals surface area contributed by atoms with E-state index in [1.54, 1.807) is 30.5 Å². The summed E-state index contributed by atoms with van der Waals surface area (Å²) in [6.45, 7) is 0.193. The average molecular weight is 369 g/mol. The van der Waals surface area contributed by atoms with Crippen molar-refractivity contribution in [3.05, 3.63) is 70.9 Å². The summed E-state index contributed by atoms with van der Waals surface area (Å²) in [5.74, 6) is -0.605. The van der Waals surface area contributed by atoms with Crippen LogP contribution in [-0.2, 0) is 4.79 Å². The van der Waals surface area contributed by atoms with Crippen molar-refractivity contribution >= 4 is 40.5 Å². The van der Waals surface area contributed by atoms with Gasteiger partial charge in [0.15, 0.2) is 0 Å². The molecule has 26 heavy (non-hydrogen) atoms. The van der Waals surface area contributed by atoms with Gasteiger partial charge < -0.3 is 10.3 Å². The molecule has 0 saturated carbocycles. The van der Waals surface area contributed by atoms with E-state index in [1.807, 2.05) is 30.5 Å². The first-order valence-corrected chi connectivity index (χ1v) is 8.43. The molecule has 6 nitrogen and oxygen atoms in total. The molecule has 0 aliphatic carbocycles. The lowest BCUT2D eigenvalue weighted by Crippen LogP contribution is -2.29. The number of rotatable bonds is 6. The van der Waals surface area contributed by atoms with Gasteiger partial charge in [-0.1, -0.05) is 41.9 Å². The zero-order valence-electron chi connectivity index (χ0n) is 13.8. The first-order valence-electron chi connectivity index (χ1n) is 8.06. The number of fused-ring (bicyclic) bond motifs is 1. The second kappa shape index (κ2) is 8.31. The van der Waals surface area contributed by atoms with Gasteiger partial charge in [-0.25, -0.2) is 5.43 Å². The van der Waals surface area contributed by atoms with Crippen molar-refractivity contribution in [2.75, 3.05) is 6.54 Å². The molecule has 0 atom stereocenters. The molecule has 0 fully saturated rings. The summed E-state index contributed by atoms with van der Waals surface area (Å²) in [4.78, 5) is 26.9. The van der Waals surface area contributed by atoms with Gasteiger partial charge in [-0.15, -0.1) is 0 Å². The maximum atomic E-state index is 12.0. The summed E-state index contributed by atoms with van der Waals surface area (Å²) in [6.07, 6.45) is 3.52. The monoisotopic (exact) mass is 368 g/mol. The average Bonchev–Trinajstić information content (AvgIpc) is 3.05. The molecule has 132 valence electrons. The van der Waals surface area contributed by atoms with E-state index in [1.165, 1.54) is 0 Å². The van der Waals surface area contributed by atoms with Crippen molar-refractivity contribution in [3.63, 3.8) is 0 Å². The van der Waals surface area contributed by atoms with Gasteiger partial charge in [-0.2, -0.15) is 5.10 Å². The summed E-state index contributed by atoms with van der Waals surface area (Å²) in [7, 11) is 0. The Morgan fingerprint density at radius 2 is 1.88 bits per heavy atom. The molecule has 0 unspecified atom stereocenters. The highest BCUT2D eigenvalue weighted by molar-refractivity contribution is 6.33. The van der Waals surface area contributed by atoms with Crippen molar-refractivity contribution in [2.24, 2.45) is 5.10 Å². The van der Waals surface area contributed by atoms with E-state index in [4.69, 9.17) is 11.6 Å². The van der Waals surface area contributed by atoms with E-state index in [0.717, 1.165) is 16.5 Å². The first-order chi connectivity index (χ1) is 12.6. The topological polar surface area (TPSA) is 86.3 Å². The fraction of sp³-hybridized carbons (Fsp3) is 0.105. The molecule has 0 spiro atoms. The highest BCUT2D eigenvalue weighted by Crippen LogP contribution is 2.15. The Morgan fingerprint density at radius 1 is 1.12 bits per heavy atom. The van der Waals surface area contributed by atoms with Gasteiger partial charge in [0.25, 0.3) is 5.91 Å². The number of nitrogens with one attached hydrogen (secondary N) is 3. The second-order valence-corrected chi connectivity index (χ2v) is 5.98. The van der Waals surface area contributed by atoms with Crippen molar-refractivity contribution in [3.8, 4) is 0 Å². The van der Waals surface area contributed by atoms with Crippen molar-refractivity contribution in [1.29, 1.82) is 0 Å². The molecular formula is C19H17ClN4O2. The molecule has 3 rings (SSSR count). The second-order valence-electron chi connectivity index (χ2n) is 5.57. The van der Waals surface area contributed by atoms with E-state index in [2.05, 4.69) is 20.8 Å². The Bertz CT molecular complexity index is 965. The standard InChI is InChI=1S/C19H17ClN4O2/c20-16-7-3-1-6-15(16)19(26)21-10-9-18(25)24-23-12-13-11-22-17-8-4-2-5-14(13)17/h1-8,11-12,22H,9-10H2,(H,21,26)(H,24,25). The number of nitrogens with zero attached hydrogens (tertiary/aromatic N) is 1. The summed E-state index contributed by atoms with van der Waals surface area (Å²) in [5, 5.41) is 8.01. The van der Waals surface area contributed by atoms with Gasteiger partial charge >= 0.3 is 0 Å². The van der Waals surface area contributed by atoms with E-state index < -0.39 is 0 Å². The lowest BCUT2D eigenvalue weighted by Gasteiger charge is -2.05. The minimum atomic E-state index is -0.314. The third kappa shape index (κ3) is 4.29. The fourth-order valence-electron chi connectivity index (χ4n) is 2.46. The number of aromatic amines is 1. The molecule has 0 saturated heterocycles. The Morgan fingerprint density at radius 3 is 2.73 bits per heavy atom. The van der Waals surface area contributed by atoms with Crippen LogP contribution in [0.1, 0.15) is 22.3 Å². The van der Waals surface area contributed by atoms with E-state index in [-0.39, 0.29) is 24.8 Å². The van der Waals surface area contributed by atoms with Gasteiger partial charge in [0.2, 0.25) is 5.91 Å². The number of amides is 2. The molecule has 0 radical (unpaired) electrons. The maximum Gasteiger partial charge on any atom is 0.252 e. The smallest absolute Gasteiger partial charge is 0.252 e. The van der Waals surface area contributed by atoms with Crippen LogP contribution >= 0.6 is 11.6 Å². The summed E-state index contributed by atoms with van der Waals surface area (Å²) >= 11 is 5.96. The third-order valence-electron chi connectivity index (χ3n) is 3.77. The molecule has 0 aliphatic heterocycles. The zero-order valence-corrected chi connectivity index (χ0v) is 14.6. The van der Waals surface area contributed by atoms with Crippen LogP contribution in [0.25, 0.3) is 10.9 Å². The van der Waals surface area contributed by atoms with E-state index >= 15 is 0 Å². The Kier molecular flexibility index (Phi) is 5.66. The van der Waals surface area contributed by atoms with E-state index in [0.29, 0.717) is 10.6 Å². The number of H-pyrrole nitrogens is 1. The molecule has 3 N–H and O–H groups in total. The number of carbonyl (C=O) groups is 2. The predicted molar refractivity (Wildman–Crippen MR) is 102 cm³/mol. The van der Waals surface area contributed by atoms with Crippen LogP contribution in [-0.4, -0.2) is 29.6 Å². The van der Waals surface area contributed by atoms with Crippen LogP contribution < -0.4 is 10.7 Å². The van der Waals surface area contributed by atoms with Crippen molar-refractivity contribution in [1.82, 2.24) is 15.7 Å². The normalized spacial score (nSPS) is 11.0. The molecule has 1 aromatic heterocycles. The highest BCUT2D eigenvalue weighted by Gasteiger charge is 2.09. The van der Waals surface area contributed by atoms with Crippen molar-refractivity contribution in [2.45, 2.75) is 6.42 Å². The van der Waals surface area contributed by atoms with Gasteiger partial charge in [0.1, 0.15) is 0 Å². The van der Waals surface area contributed by atoms with Crippen LogP contribution in [0.2, 0.25) is 5.02 Å². The largest absolute Gasteiger partial charge is 0.361 e. The molecule has 0 aliphatic rings. The van der Waals surface area contributed by atoms with Crippen LogP contribution in [0, 0.1) is 0 Å². The molecule has 2 amide bonds. The SMILES string of the molecule is O=C(CCNC(=O)c1ccccc1Cl)NN=Cc1c[nH]c2ccccc12. The molecule has 1 heterocycles. The molecule has 7 heteroatoms. The Hall–Kier alpha value is -3.12. The first kappa shape index (κ1) is 17.7. The number of hydrazone groups is 1. The molecule has 3 aromatic rings. The number of hydrogen-bond donors (Lipinski definition) is 3. The van der Waals surface area contributed by atoms with Crippen molar-refractivity contribution < 1.29 is 9.59 Å². The molecule has 2 aromatic carbocycles. The Balaban J connectivity index is 1.46. The zero-order chi connectivity index (χ0) is 18.4. The van der Waals surface area contributed by atoms with Gasteiger partial charge in [0, 0.05) is 35.6 Å². The number of halogens is 1. The summed E-state index contributed by atoms with van der Waals surface area (Å²) in [5.41, 5.74) is 4.72. The van der Waals surface area contributed by atoms with Gasteiger partial charge in [0.05, 0.1) is 16.8 Å². The van der Waals surface area contributed by atoms with Crippen LogP contribution in [0.15, 0.2) is 59.8 Å². The lowest BCUT2D eigenvalue weighted by molar-refractivity contribution is -0.120. The molecule has 0 bridgehead atoms. The number of benzene rings is 2. The fourth-order valence-corrected chi connectivity index (χ4v) is 2.68. The minimum absolute atomic E-state index is 0.113. The molecular weight excluding hydrogens is 352 g/mol. The summed E-state index contributed by atoms with van der Waals surface area (Å²) in [6, 6.07) is 14.6. The van der Waals surface area contributed by atoms with E-state index in [9.17, 15) is 9.59 Å². The number of aromatic nitrogens is 1. The maximum absolute atomic E-state index is 12.0. The van der Waals surface area contributed by atoms with Crippen LogP contribution in [0.3, 0.4) is 0 Å². The number of carbonyl (C=O) groups excluding carboxylic acids is 2. The van der Waals surface area contributed by atoms with Gasteiger partial charge in [-0.05, 0) is 18.2 Å². The van der Waals surface area contributed by atoms with Crippen LogP contribution in [0.4, 0.5) is 0 Å². The summed E-state index contributed by atoms with van der Waals surface area (Å²) < 4.78 is 0. The minimum Gasteiger partial charge on any atom is -0.361 e. The quantitative estimate of drug-likeness (QED) is 0.461. The highest BCUT2D eigenvalue weighted by atomic mass is 35.5.